The fourth-order valence-corrected chi connectivity index (χ4v) is 3.77. The number of rotatable bonds is 10. The predicted octanol–water partition coefficient (Wildman–Crippen LogP) is 4.18. The number of halogens is 1. The average Bonchev–Trinajstić information content (AvgIpc) is 3.62. The Morgan fingerprint density at radius 3 is 2.33 bits per heavy atom. The van der Waals surface area contributed by atoms with E-state index < -0.39 is 23.4 Å². The van der Waals surface area contributed by atoms with Crippen LogP contribution in [0.25, 0.3) is 0 Å². The number of aromatic nitrogens is 1. The van der Waals surface area contributed by atoms with Crippen LogP contribution in [0.3, 0.4) is 0 Å². The third-order valence-corrected chi connectivity index (χ3v) is 5.60. The number of primary amides is 1. The van der Waals surface area contributed by atoms with Crippen LogP contribution in [0.1, 0.15) is 50.9 Å². The molecular weight excluding hydrogens is 469 g/mol. The van der Waals surface area contributed by atoms with Crippen LogP contribution in [0.15, 0.2) is 24.3 Å². The van der Waals surface area contributed by atoms with E-state index in [1.54, 1.807) is 39.0 Å². The molecule has 0 saturated heterocycles. The molecule has 0 unspecified atom stereocenters. The number of pyridine rings is 1. The van der Waals surface area contributed by atoms with Crippen molar-refractivity contribution in [2.45, 2.75) is 58.2 Å². The molecule has 0 bridgehead atoms. The van der Waals surface area contributed by atoms with Crippen LogP contribution in [0, 0.1) is 11.7 Å². The van der Waals surface area contributed by atoms with E-state index in [9.17, 15) is 9.59 Å². The molecule has 36 heavy (non-hydrogen) atoms. The Bertz CT molecular complexity index is 1120. The SMILES string of the molecule is COc1ccc(Nc2nc(N[C@H](C3CC3)[C@H](C)NC(=O)OC(C)(C)C)c(F)cc2C(N)=O)cc1OC. The summed E-state index contributed by atoms with van der Waals surface area (Å²) in [4.78, 5) is 28.7. The highest BCUT2D eigenvalue weighted by Gasteiger charge is 2.37. The van der Waals surface area contributed by atoms with Crippen LogP contribution < -0.4 is 31.2 Å². The minimum atomic E-state index is -0.838. The van der Waals surface area contributed by atoms with Gasteiger partial charge < -0.3 is 35.9 Å². The van der Waals surface area contributed by atoms with Gasteiger partial charge in [0.25, 0.3) is 5.91 Å². The number of carbonyl (C=O) groups is 2. The first-order valence-corrected chi connectivity index (χ1v) is 11.7. The number of carbonyl (C=O) groups excluding carboxylic acids is 2. The van der Waals surface area contributed by atoms with E-state index in [0.717, 1.165) is 18.9 Å². The zero-order valence-electron chi connectivity index (χ0n) is 21.4. The van der Waals surface area contributed by atoms with Gasteiger partial charge in [-0.3, -0.25) is 4.79 Å². The molecule has 3 rings (SSSR count). The first-order chi connectivity index (χ1) is 16.9. The summed E-state index contributed by atoms with van der Waals surface area (Å²) in [5.74, 6) is -0.384. The van der Waals surface area contributed by atoms with Crippen molar-refractivity contribution in [3.63, 3.8) is 0 Å². The Morgan fingerprint density at radius 2 is 1.78 bits per heavy atom. The molecule has 5 N–H and O–H groups in total. The van der Waals surface area contributed by atoms with Crippen LogP contribution in [0.4, 0.5) is 26.5 Å². The topological polar surface area (TPSA) is 137 Å². The molecule has 10 nitrogen and oxygen atoms in total. The summed E-state index contributed by atoms with van der Waals surface area (Å²) in [6.07, 6.45) is 1.29. The van der Waals surface area contributed by atoms with Crippen molar-refractivity contribution in [1.29, 1.82) is 0 Å². The molecule has 0 radical (unpaired) electrons. The molecule has 1 aliphatic rings. The Labute approximate surface area is 210 Å². The van der Waals surface area contributed by atoms with E-state index in [0.29, 0.717) is 17.2 Å². The number of nitrogens with one attached hydrogen (secondary N) is 3. The van der Waals surface area contributed by atoms with Gasteiger partial charge in [0.1, 0.15) is 11.4 Å². The first kappa shape index (κ1) is 26.8. The van der Waals surface area contributed by atoms with Crippen molar-refractivity contribution in [3.8, 4) is 11.5 Å². The van der Waals surface area contributed by atoms with E-state index in [4.69, 9.17) is 19.9 Å². The van der Waals surface area contributed by atoms with Gasteiger partial charge in [0.05, 0.1) is 25.8 Å². The highest BCUT2D eigenvalue weighted by molar-refractivity contribution is 5.98. The summed E-state index contributed by atoms with van der Waals surface area (Å²) in [5.41, 5.74) is 5.26. The maximum Gasteiger partial charge on any atom is 0.407 e. The lowest BCUT2D eigenvalue weighted by atomic mass is 10.0. The van der Waals surface area contributed by atoms with Gasteiger partial charge in [-0.05, 0) is 64.7 Å². The molecule has 1 aromatic carbocycles. The van der Waals surface area contributed by atoms with Crippen molar-refractivity contribution in [2.75, 3.05) is 24.9 Å². The maximum atomic E-state index is 15.0. The highest BCUT2D eigenvalue weighted by Crippen LogP contribution is 2.37. The number of hydrogen-bond donors (Lipinski definition) is 4. The van der Waals surface area contributed by atoms with Crippen molar-refractivity contribution >= 4 is 29.3 Å². The summed E-state index contributed by atoms with van der Waals surface area (Å²) in [6.45, 7) is 7.15. The van der Waals surface area contributed by atoms with Crippen molar-refractivity contribution in [3.05, 3.63) is 35.6 Å². The van der Waals surface area contributed by atoms with Gasteiger partial charge in [-0.25, -0.2) is 14.2 Å². The van der Waals surface area contributed by atoms with Gasteiger partial charge >= 0.3 is 6.09 Å². The zero-order chi connectivity index (χ0) is 26.6. The summed E-state index contributed by atoms with van der Waals surface area (Å²) >= 11 is 0. The number of hydrogen-bond acceptors (Lipinski definition) is 8. The Morgan fingerprint density at radius 1 is 1.11 bits per heavy atom. The quantitative estimate of drug-likeness (QED) is 0.379. The third kappa shape index (κ3) is 6.89. The molecule has 11 heteroatoms. The largest absolute Gasteiger partial charge is 0.493 e. The molecule has 0 spiro atoms. The van der Waals surface area contributed by atoms with E-state index in [1.165, 1.54) is 14.2 Å². The lowest BCUT2D eigenvalue weighted by Crippen LogP contribution is -2.47. The van der Waals surface area contributed by atoms with Gasteiger partial charge in [-0.15, -0.1) is 0 Å². The Hall–Kier alpha value is -3.76. The number of amides is 2. The normalized spacial score (nSPS) is 14.9. The number of methoxy groups -OCH3 is 2. The van der Waals surface area contributed by atoms with Gasteiger partial charge in [-0.2, -0.15) is 0 Å². The molecule has 1 aliphatic carbocycles. The number of alkyl carbamates (subject to hydrolysis) is 1. The molecule has 1 fully saturated rings. The summed E-state index contributed by atoms with van der Waals surface area (Å²) in [6, 6.07) is 5.38. The van der Waals surface area contributed by atoms with Crippen LogP contribution in [0.5, 0.6) is 11.5 Å². The molecule has 0 aliphatic heterocycles. The van der Waals surface area contributed by atoms with Crippen molar-refractivity contribution < 1.29 is 28.2 Å². The summed E-state index contributed by atoms with van der Waals surface area (Å²) in [7, 11) is 3.02. The van der Waals surface area contributed by atoms with E-state index in [1.807, 2.05) is 6.92 Å². The third-order valence-electron chi connectivity index (χ3n) is 5.60. The molecule has 1 aromatic heterocycles. The molecule has 2 atom stereocenters. The van der Waals surface area contributed by atoms with Gasteiger partial charge in [-0.1, -0.05) is 0 Å². The Kier molecular flexibility index (Phi) is 8.11. The maximum absolute atomic E-state index is 15.0. The highest BCUT2D eigenvalue weighted by atomic mass is 19.1. The van der Waals surface area contributed by atoms with Crippen LogP contribution in [-0.4, -0.2) is 48.9 Å². The first-order valence-electron chi connectivity index (χ1n) is 11.7. The molecular formula is C25H34FN5O5. The average molecular weight is 504 g/mol. The molecule has 1 heterocycles. The summed E-state index contributed by atoms with van der Waals surface area (Å²) in [5, 5.41) is 8.94. The van der Waals surface area contributed by atoms with Crippen molar-refractivity contribution in [2.24, 2.45) is 11.7 Å². The fraction of sp³-hybridized carbons (Fsp3) is 0.480. The second-order valence-corrected chi connectivity index (χ2v) is 9.72. The second-order valence-electron chi connectivity index (χ2n) is 9.72. The van der Waals surface area contributed by atoms with E-state index in [2.05, 4.69) is 20.9 Å². The monoisotopic (exact) mass is 503 g/mol. The van der Waals surface area contributed by atoms with Gasteiger partial charge in [0.2, 0.25) is 0 Å². The van der Waals surface area contributed by atoms with Gasteiger partial charge in [0.15, 0.2) is 23.1 Å². The summed E-state index contributed by atoms with van der Waals surface area (Å²) < 4.78 is 30.9. The van der Waals surface area contributed by atoms with Gasteiger partial charge in [0, 0.05) is 17.8 Å². The van der Waals surface area contributed by atoms with Crippen molar-refractivity contribution in [1.82, 2.24) is 10.3 Å². The minimum absolute atomic E-state index is 0.0703. The van der Waals surface area contributed by atoms with Crippen LogP contribution in [-0.2, 0) is 4.74 Å². The lowest BCUT2D eigenvalue weighted by Gasteiger charge is -2.28. The molecule has 2 aromatic rings. The Balaban J connectivity index is 1.87. The molecule has 1 saturated carbocycles. The van der Waals surface area contributed by atoms with E-state index in [-0.39, 0.29) is 35.2 Å². The lowest BCUT2D eigenvalue weighted by molar-refractivity contribution is 0.0501. The standard InChI is InChI=1S/C25H34FN5O5/c1-13(28-24(33)36-25(2,3)4)20(14-7-8-14)30-23-17(26)12-16(21(27)32)22(31-23)29-15-9-10-18(34-5)19(11-15)35-6/h9-14,20H,7-8H2,1-6H3,(H2,27,32)(H,28,33)(H2,29,30,31)/t13-,20-/m0/s1. The molecule has 196 valence electrons. The number of ether oxygens (including phenoxy) is 3. The number of anilines is 3. The number of benzene rings is 1. The number of nitrogens with zero attached hydrogens (tertiary/aromatic N) is 1. The zero-order valence-corrected chi connectivity index (χ0v) is 21.4. The fourth-order valence-electron chi connectivity index (χ4n) is 3.77. The second kappa shape index (κ2) is 10.9. The predicted molar refractivity (Wildman–Crippen MR) is 135 cm³/mol. The van der Waals surface area contributed by atoms with Crippen LogP contribution >= 0.6 is 0 Å². The van der Waals surface area contributed by atoms with Crippen LogP contribution in [0.2, 0.25) is 0 Å². The van der Waals surface area contributed by atoms with E-state index >= 15 is 4.39 Å². The minimum Gasteiger partial charge on any atom is -0.493 e. The smallest absolute Gasteiger partial charge is 0.407 e. The number of nitrogens with two attached hydrogens (primary N) is 1. The molecule has 2 amide bonds.